The number of pyridine rings is 1. The minimum absolute atomic E-state index is 0.143. The molecule has 0 bridgehead atoms. The summed E-state index contributed by atoms with van der Waals surface area (Å²) in [5.41, 5.74) is 1.78. The Labute approximate surface area is 187 Å². The summed E-state index contributed by atoms with van der Waals surface area (Å²) in [6.07, 6.45) is 8.39. The zero-order chi connectivity index (χ0) is 21.8. The van der Waals surface area contributed by atoms with Crippen molar-refractivity contribution in [1.82, 2.24) is 20.0 Å². The van der Waals surface area contributed by atoms with Crippen LogP contribution in [0.15, 0.2) is 59.4 Å². The maximum absolute atomic E-state index is 12.7. The van der Waals surface area contributed by atoms with Gasteiger partial charge in [-0.05, 0) is 43.2 Å². The molecule has 166 valence electrons. The monoisotopic (exact) mass is 432 g/mol. The third-order valence-corrected chi connectivity index (χ3v) is 6.66. The highest BCUT2D eigenvalue weighted by molar-refractivity contribution is 5.78. The largest absolute Gasteiger partial charge is 0.375 e. The van der Waals surface area contributed by atoms with E-state index in [2.05, 4.69) is 15.1 Å². The molecule has 2 saturated heterocycles. The number of likely N-dealkylation sites (tertiary alicyclic amines) is 1. The van der Waals surface area contributed by atoms with E-state index in [9.17, 15) is 4.79 Å². The van der Waals surface area contributed by atoms with E-state index in [0.717, 1.165) is 62.9 Å². The van der Waals surface area contributed by atoms with Crippen LogP contribution in [0.1, 0.15) is 37.1 Å². The molecule has 2 aliphatic rings. The van der Waals surface area contributed by atoms with Crippen LogP contribution in [0.25, 0.3) is 11.4 Å². The summed E-state index contributed by atoms with van der Waals surface area (Å²) >= 11 is 0. The second-order valence-electron chi connectivity index (χ2n) is 8.89. The Morgan fingerprint density at radius 2 is 1.97 bits per heavy atom. The number of rotatable bonds is 5. The summed E-state index contributed by atoms with van der Waals surface area (Å²) in [5, 5.41) is 4.15. The third-order valence-electron chi connectivity index (χ3n) is 6.66. The van der Waals surface area contributed by atoms with E-state index in [1.54, 1.807) is 12.4 Å². The molecule has 2 aliphatic heterocycles. The number of nitrogens with zero attached hydrogens (tertiary/aromatic N) is 4. The highest BCUT2D eigenvalue weighted by Gasteiger charge is 2.41. The van der Waals surface area contributed by atoms with E-state index in [-0.39, 0.29) is 11.5 Å². The lowest BCUT2D eigenvalue weighted by Crippen LogP contribution is -2.51. The Balaban J connectivity index is 1.16. The average Bonchev–Trinajstić information content (AvgIpc) is 3.29. The van der Waals surface area contributed by atoms with Gasteiger partial charge in [-0.25, -0.2) is 0 Å². The molecule has 1 amide bonds. The second-order valence-corrected chi connectivity index (χ2v) is 8.89. The van der Waals surface area contributed by atoms with Crippen molar-refractivity contribution in [1.29, 1.82) is 0 Å². The van der Waals surface area contributed by atoms with Gasteiger partial charge in [0.1, 0.15) is 0 Å². The molecular formula is C25H28N4O3. The van der Waals surface area contributed by atoms with Gasteiger partial charge in [-0.2, -0.15) is 4.98 Å². The third kappa shape index (κ3) is 4.72. The average molecular weight is 433 g/mol. The van der Waals surface area contributed by atoms with Crippen LogP contribution in [0.4, 0.5) is 0 Å². The molecule has 0 aliphatic carbocycles. The molecule has 2 aromatic heterocycles. The molecule has 2 fully saturated rings. The van der Waals surface area contributed by atoms with Gasteiger partial charge in [0.05, 0.1) is 12.0 Å². The SMILES string of the molecule is O=C(Cc1cccnc1)N1CCC2(CC1)CC(Cc1nc(-c3ccccc3)no1)CCO2. The fourth-order valence-electron chi connectivity index (χ4n) is 4.89. The first-order valence-corrected chi connectivity index (χ1v) is 11.4. The normalized spacial score (nSPS) is 20.4. The molecule has 4 heterocycles. The van der Waals surface area contributed by atoms with Crippen molar-refractivity contribution in [3.8, 4) is 11.4 Å². The predicted octanol–water partition coefficient (Wildman–Crippen LogP) is 3.70. The lowest BCUT2D eigenvalue weighted by molar-refractivity contribution is -0.146. The molecule has 1 unspecified atom stereocenters. The van der Waals surface area contributed by atoms with Crippen molar-refractivity contribution in [3.05, 3.63) is 66.3 Å². The molecule has 7 heteroatoms. The number of benzene rings is 1. The van der Waals surface area contributed by atoms with Crippen LogP contribution in [0.5, 0.6) is 0 Å². The van der Waals surface area contributed by atoms with E-state index in [0.29, 0.717) is 24.1 Å². The van der Waals surface area contributed by atoms with Crippen LogP contribution in [0, 0.1) is 5.92 Å². The highest BCUT2D eigenvalue weighted by Crippen LogP contribution is 2.39. The first-order valence-electron chi connectivity index (χ1n) is 11.4. The van der Waals surface area contributed by atoms with Crippen LogP contribution in [0.2, 0.25) is 0 Å². The molecule has 1 atom stereocenters. The number of piperidine rings is 1. The van der Waals surface area contributed by atoms with Crippen LogP contribution in [0.3, 0.4) is 0 Å². The molecule has 0 N–H and O–H groups in total. The zero-order valence-electron chi connectivity index (χ0n) is 18.2. The minimum Gasteiger partial charge on any atom is -0.375 e. The quantitative estimate of drug-likeness (QED) is 0.611. The molecule has 5 rings (SSSR count). The number of carbonyl (C=O) groups excluding carboxylic acids is 1. The van der Waals surface area contributed by atoms with Gasteiger partial charge < -0.3 is 14.2 Å². The number of hydrogen-bond donors (Lipinski definition) is 0. The van der Waals surface area contributed by atoms with Gasteiger partial charge in [0, 0.05) is 44.1 Å². The van der Waals surface area contributed by atoms with E-state index in [1.807, 2.05) is 47.4 Å². The number of hydrogen-bond acceptors (Lipinski definition) is 6. The van der Waals surface area contributed by atoms with Gasteiger partial charge in [-0.1, -0.05) is 41.6 Å². The van der Waals surface area contributed by atoms with Crippen LogP contribution < -0.4 is 0 Å². The maximum Gasteiger partial charge on any atom is 0.227 e. The Bertz CT molecular complexity index is 1030. The van der Waals surface area contributed by atoms with Crippen LogP contribution in [-0.4, -0.2) is 51.2 Å². The standard InChI is InChI=1S/C25H28N4O3/c30-23(16-20-5-4-11-26-18-20)29-12-9-25(10-13-29)17-19(8-14-31-25)15-22-27-24(28-32-22)21-6-2-1-3-7-21/h1-7,11,18-19H,8-10,12-17H2. The lowest BCUT2D eigenvalue weighted by atomic mass is 9.78. The molecule has 32 heavy (non-hydrogen) atoms. The van der Waals surface area contributed by atoms with Gasteiger partial charge in [-0.15, -0.1) is 0 Å². The van der Waals surface area contributed by atoms with E-state index < -0.39 is 0 Å². The first-order chi connectivity index (χ1) is 15.7. The number of carbonyl (C=O) groups is 1. The Morgan fingerprint density at radius 3 is 2.75 bits per heavy atom. The number of amides is 1. The van der Waals surface area contributed by atoms with Gasteiger partial charge in [-0.3, -0.25) is 9.78 Å². The zero-order valence-corrected chi connectivity index (χ0v) is 18.2. The van der Waals surface area contributed by atoms with Crippen molar-refractivity contribution in [2.45, 2.75) is 44.1 Å². The molecule has 3 aromatic rings. The molecule has 0 radical (unpaired) electrons. The molecule has 1 aromatic carbocycles. The lowest BCUT2D eigenvalue weighted by Gasteiger charge is -2.46. The summed E-state index contributed by atoms with van der Waals surface area (Å²) in [6, 6.07) is 13.7. The maximum atomic E-state index is 12.7. The van der Waals surface area contributed by atoms with Gasteiger partial charge in [0.2, 0.25) is 17.6 Å². The summed E-state index contributed by atoms with van der Waals surface area (Å²) in [5.74, 6) is 1.95. The van der Waals surface area contributed by atoms with Crippen molar-refractivity contribution in [2.75, 3.05) is 19.7 Å². The first kappa shape index (κ1) is 20.8. The van der Waals surface area contributed by atoms with Crippen molar-refractivity contribution in [2.24, 2.45) is 5.92 Å². The topological polar surface area (TPSA) is 81.4 Å². The van der Waals surface area contributed by atoms with Gasteiger partial charge in [0.15, 0.2) is 0 Å². The fourth-order valence-corrected chi connectivity index (χ4v) is 4.89. The summed E-state index contributed by atoms with van der Waals surface area (Å²) in [6.45, 7) is 2.23. The van der Waals surface area contributed by atoms with Gasteiger partial charge >= 0.3 is 0 Å². The van der Waals surface area contributed by atoms with E-state index in [1.165, 1.54) is 0 Å². The molecule has 1 spiro atoms. The highest BCUT2D eigenvalue weighted by atomic mass is 16.5. The van der Waals surface area contributed by atoms with E-state index in [4.69, 9.17) is 9.26 Å². The molecule has 0 saturated carbocycles. The van der Waals surface area contributed by atoms with Gasteiger partial charge in [0.25, 0.3) is 0 Å². The minimum atomic E-state index is -0.143. The Kier molecular flexibility index (Phi) is 5.99. The fraction of sp³-hybridized carbons (Fsp3) is 0.440. The predicted molar refractivity (Wildman–Crippen MR) is 119 cm³/mol. The van der Waals surface area contributed by atoms with Crippen molar-refractivity contribution >= 4 is 5.91 Å². The number of ether oxygens (including phenoxy) is 1. The van der Waals surface area contributed by atoms with E-state index >= 15 is 0 Å². The second kappa shape index (κ2) is 9.20. The van der Waals surface area contributed by atoms with Crippen LogP contribution >= 0.6 is 0 Å². The number of aromatic nitrogens is 3. The Hall–Kier alpha value is -3.06. The van der Waals surface area contributed by atoms with Crippen LogP contribution in [-0.2, 0) is 22.4 Å². The smallest absolute Gasteiger partial charge is 0.227 e. The van der Waals surface area contributed by atoms with Crippen molar-refractivity contribution in [3.63, 3.8) is 0 Å². The summed E-state index contributed by atoms with van der Waals surface area (Å²) in [7, 11) is 0. The Morgan fingerprint density at radius 1 is 1.12 bits per heavy atom. The molecular weight excluding hydrogens is 404 g/mol. The summed E-state index contributed by atoms with van der Waals surface area (Å²) in [4.78, 5) is 23.4. The summed E-state index contributed by atoms with van der Waals surface area (Å²) < 4.78 is 11.8. The van der Waals surface area contributed by atoms with Crippen molar-refractivity contribution < 1.29 is 14.1 Å². The molecule has 7 nitrogen and oxygen atoms in total.